The quantitative estimate of drug-likeness (QED) is 0.695. The lowest BCUT2D eigenvalue weighted by Gasteiger charge is -2.22. The zero-order valence-electron chi connectivity index (χ0n) is 12.7. The van der Waals surface area contributed by atoms with Crippen LogP contribution >= 0.6 is 22.3 Å². The van der Waals surface area contributed by atoms with Gasteiger partial charge in [0.25, 0.3) is 9.05 Å². The van der Waals surface area contributed by atoms with E-state index >= 15 is 0 Å². The molecule has 7 nitrogen and oxygen atoms in total. The fourth-order valence-corrected chi connectivity index (χ4v) is 3.23. The van der Waals surface area contributed by atoms with Crippen LogP contribution in [0.1, 0.15) is 0 Å². The maximum Gasteiger partial charge on any atom is 0.322 e. The first-order valence-corrected chi connectivity index (χ1v) is 9.26. The van der Waals surface area contributed by atoms with Gasteiger partial charge in [0.2, 0.25) is 0 Å². The largest absolute Gasteiger partial charge is 0.383 e. The number of carbonyl (C=O) groups excluding carboxylic acids is 1. The molecule has 2 amide bonds. The van der Waals surface area contributed by atoms with Crippen molar-refractivity contribution in [1.29, 1.82) is 0 Å². The highest BCUT2D eigenvalue weighted by Gasteiger charge is 2.17. The van der Waals surface area contributed by atoms with E-state index in [1.165, 1.54) is 37.3 Å². The van der Waals surface area contributed by atoms with Gasteiger partial charge in [0.1, 0.15) is 4.90 Å². The number of urea groups is 1. The summed E-state index contributed by atoms with van der Waals surface area (Å²) in [4.78, 5) is 13.5. The van der Waals surface area contributed by atoms with Crippen LogP contribution in [-0.2, 0) is 18.5 Å². The number of nitrogens with one attached hydrogen (secondary N) is 1. The van der Waals surface area contributed by atoms with Crippen molar-refractivity contribution in [3.8, 4) is 0 Å². The molecule has 0 atom stereocenters. The average molecular weight is 385 g/mol. The molecule has 0 saturated carbocycles. The standard InChI is InChI=1S/C13H18Cl2N2O5S/c1-21-7-5-17(6-8-22-2)13(18)16-10-3-4-12(11(14)9-10)23(15,19)20/h3-4,9H,5-8H2,1-2H3,(H,16,18). The Bertz CT molecular complexity index is 631. The molecule has 1 N–H and O–H groups in total. The van der Waals surface area contributed by atoms with Gasteiger partial charge in [0.15, 0.2) is 0 Å². The van der Waals surface area contributed by atoms with E-state index < -0.39 is 9.05 Å². The zero-order valence-corrected chi connectivity index (χ0v) is 15.0. The predicted molar refractivity (Wildman–Crippen MR) is 88.8 cm³/mol. The third-order valence-electron chi connectivity index (χ3n) is 2.86. The lowest BCUT2D eigenvalue weighted by molar-refractivity contribution is 0.127. The normalized spacial score (nSPS) is 11.3. The van der Waals surface area contributed by atoms with E-state index in [1.807, 2.05) is 0 Å². The monoisotopic (exact) mass is 384 g/mol. The van der Waals surface area contributed by atoms with Gasteiger partial charge in [0, 0.05) is 43.7 Å². The minimum atomic E-state index is -3.93. The highest BCUT2D eigenvalue weighted by Crippen LogP contribution is 2.27. The van der Waals surface area contributed by atoms with Crippen LogP contribution in [0.15, 0.2) is 23.1 Å². The predicted octanol–water partition coefficient (Wildman–Crippen LogP) is 2.39. The van der Waals surface area contributed by atoms with Crippen molar-refractivity contribution < 1.29 is 22.7 Å². The molecular weight excluding hydrogens is 367 g/mol. The number of amides is 2. The van der Waals surface area contributed by atoms with Gasteiger partial charge in [-0.2, -0.15) is 0 Å². The van der Waals surface area contributed by atoms with Crippen LogP contribution in [0.3, 0.4) is 0 Å². The highest BCUT2D eigenvalue weighted by atomic mass is 35.7. The highest BCUT2D eigenvalue weighted by molar-refractivity contribution is 8.13. The van der Waals surface area contributed by atoms with E-state index in [0.717, 1.165) is 0 Å². The lowest BCUT2D eigenvalue weighted by atomic mass is 10.3. The minimum Gasteiger partial charge on any atom is -0.383 e. The molecule has 0 spiro atoms. The molecule has 0 heterocycles. The number of nitrogens with zero attached hydrogens (tertiary/aromatic N) is 1. The number of carbonyl (C=O) groups is 1. The Kier molecular flexibility index (Phi) is 8.07. The van der Waals surface area contributed by atoms with Crippen molar-refractivity contribution in [2.75, 3.05) is 45.8 Å². The van der Waals surface area contributed by atoms with Crippen molar-refractivity contribution in [3.63, 3.8) is 0 Å². The Morgan fingerprint density at radius 2 is 1.78 bits per heavy atom. The summed E-state index contributed by atoms with van der Waals surface area (Å²) in [5.74, 6) is 0. The Morgan fingerprint density at radius 1 is 1.22 bits per heavy atom. The van der Waals surface area contributed by atoms with Gasteiger partial charge >= 0.3 is 6.03 Å². The number of benzene rings is 1. The van der Waals surface area contributed by atoms with Crippen molar-refractivity contribution in [1.82, 2.24) is 4.90 Å². The van der Waals surface area contributed by atoms with Crippen molar-refractivity contribution in [3.05, 3.63) is 23.2 Å². The third kappa shape index (κ3) is 6.52. The number of hydrogen-bond donors (Lipinski definition) is 1. The molecule has 0 radical (unpaired) electrons. The lowest BCUT2D eigenvalue weighted by Crippen LogP contribution is -2.39. The van der Waals surface area contributed by atoms with Crippen LogP contribution in [0.2, 0.25) is 5.02 Å². The van der Waals surface area contributed by atoms with Gasteiger partial charge in [0.05, 0.1) is 18.2 Å². The smallest absolute Gasteiger partial charge is 0.322 e. The van der Waals surface area contributed by atoms with Crippen molar-refractivity contribution in [2.24, 2.45) is 0 Å². The van der Waals surface area contributed by atoms with Gasteiger partial charge < -0.3 is 19.7 Å². The molecule has 0 fully saturated rings. The van der Waals surface area contributed by atoms with E-state index in [1.54, 1.807) is 0 Å². The molecule has 23 heavy (non-hydrogen) atoms. The molecule has 1 rings (SSSR count). The summed E-state index contributed by atoms with van der Waals surface area (Å²) in [6.07, 6.45) is 0. The molecule has 0 bridgehead atoms. The van der Waals surface area contributed by atoms with E-state index in [9.17, 15) is 13.2 Å². The van der Waals surface area contributed by atoms with E-state index in [2.05, 4.69) is 5.32 Å². The summed E-state index contributed by atoms with van der Waals surface area (Å²) in [5, 5.41) is 2.56. The number of methoxy groups -OCH3 is 2. The molecule has 1 aromatic rings. The van der Waals surface area contributed by atoms with Crippen LogP contribution in [0, 0.1) is 0 Å². The Morgan fingerprint density at radius 3 is 2.22 bits per heavy atom. The summed E-state index contributed by atoms with van der Waals surface area (Å²) in [6, 6.07) is 3.58. The van der Waals surface area contributed by atoms with Crippen LogP contribution in [0.5, 0.6) is 0 Å². The van der Waals surface area contributed by atoms with Crippen molar-refractivity contribution in [2.45, 2.75) is 4.90 Å². The minimum absolute atomic E-state index is 0.0712. The van der Waals surface area contributed by atoms with Gasteiger partial charge in [-0.3, -0.25) is 0 Å². The second kappa shape index (κ2) is 9.29. The number of ether oxygens (including phenoxy) is 2. The van der Waals surface area contributed by atoms with E-state index in [4.69, 9.17) is 31.8 Å². The number of anilines is 1. The van der Waals surface area contributed by atoms with Gasteiger partial charge in [-0.25, -0.2) is 13.2 Å². The zero-order chi connectivity index (χ0) is 17.5. The fourth-order valence-electron chi connectivity index (χ4n) is 1.70. The van der Waals surface area contributed by atoms with Gasteiger partial charge in [-0.05, 0) is 18.2 Å². The van der Waals surface area contributed by atoms with Gasteiger partial charge in [-0.1, -0.05) is 11.6 Å². The van der Waals surface area contributed by atoms with Crippen LogP contribution in [0.25, 0.3) is 0 Å². The van der Waals surface area contributed by atoms with Crippen LogP contribution < -0.4 is 5.32 Å². The Balaban J connectivity index is 2.83. The molecule has 130 valence electrons. The van der Waals surface area contributed by atoms with Crippen LogP contribution in [-0.4, -0.2) is 59.9 Å². The summed E-state index contributed by atoms with van der Waals surface area (Å²) < 4.78 is 32.5. The number of halogens is 2. The van der Waals surface area contributed by atoms with Crippen molar-refractivity contribution >= 4 is 43.1 Å². The maximum atomic E-state index is 12.2. The second-order valence-corrected chi connectivity index (χ2v) is 7.43. The molecule has 0 unspecified atom stereocenters. The molecule has 0 aliphatic rings. The molecule has 0 saturated heterocycles. The molecular formula is C13H18Cl2N2O5S. The van der Waals surface area contributed by atoms with Gasteiger partial charge in [-0.15, -0.1) is 0 Å². The van der Waals surface area contributed by atoms with E-state index in [0.29, 0.717) is 32.0 Å². The Labute approximate surface area is 144 Å². The Hall–Kier alpha value is -1.06. The SMILES string of the molecule is COCCN(CCOC)C(=O)Nc1ccc(S(=O)(=O)Cl)c(Cl)c1. The fraction of sp³-hybridized carbons (Fsp3) is 0.462. The number of rotatable bonds is 8. The first-order valence-electron chi connectivity index (χ1n) is 6.57. The van der Waals surface area contributed by atoms with Crippen LogP contribution in [0.4, 0.5) is 10.5 Å². The molecule has 0 aliphatic carbocycles. The van der Waals surface area contributed by atoms with E-state index in [-0.39, 0.29) is 15.9 Å². The number of hydrogen-bond acceptors (Lipinski definition) is 5. The third-order valence-corrected chi connectivity index (χ3v) is 4.67. The molecule has 1 aromatic carbocycles. The molecule has 10 heteroatoms. The summed E-state index contributed by atoms with van der Waals surface area (Å²) >= 11 is 5.88. The second-order valence-electron chi connectivity index (χ2n) is 4.49. The first-order chi connectivity index (χ1) is 10.8. The topological polar surface area (TPSA) is 84.9 Å². The molecule has 0 aromatic heterocycles. The average Bonchev–Trinajstić information content (AvgIpc) is 2.46. The summed E-state index contributed by atoms with van der Waals surface area (Å²) in [5.41, 5.74) is 0.351. The molecule has 0 aliphatic heterocycles. The first kappa shape index (κ1) is 20.0. The summed E-state index contributed by atoms with van der Waals surface area (Å²) in [6.45, 7) is 1.52. The maximum absolute atomic E-state index is 12.2. The summed E-state index contributed by atoms with van der Waals surface area (Å²) in [7, 11) is 4.39.